The van der Waals surface area contributed by atoms with Gasteiger partial charge in [0, 0.05) is 45.3 Å². The zero-order chi connectivity index (χ0) is 22.2. The van der Waals surface area contributed by atoms with Crippen molar-refractivity contribution in [2.45, 2.75) is 6.42 Å². The maximum absolute atomic E-state index is 6.36. The molecule has 0 aliphatic carbocycles. The van der Waals surface area contributed by atoms with E-state index in [9.17, 15) is 0 Å². The van der Waals surface area contributed by atoms with Crippen molar-refractivity contribution in [3.05, 3.63) is 47.0 Å². The number of aliphatic imine (C=N–C) groups is 1. The maximum Gasteiger partial charge on any atom is 0.203 e. The summed E-state index contributed by atoms with van der Waals surface area (Å²) in [5.41, 5.74) is 2.14. The van der Waals surface area contributed by atoms with Crippen LogP contribution >= 0.6 is 11.6 Å². The molecule has 1 aliphatic rings. The molecule has 3 rings (SSSR count). The molecule has 0 aromatic heterocycles. The first-order chi connectivity index (χ1) is 15.1. The Morgan fingerprint density at radius 3 is 2.29 bits per heavy atom. The first-order valence-electron chi connectivity index (χ1n) is 10.4. The quantitative estimate of drug-likeness (QED) is 0.520. The first-order valence-corrected chi connectivity index (χ1v) is 10.7. The largest absolute Gasteiger partial charge is 0.493 e. The third-order valence-corrected chi connectivity index (χ3v) is 5.77. The Morgan fingerprint density at radius 1 is 0.968 bits per heavy atom. The van der Waals surface area contributed by atoms with Crippen LogP contribution in [0.15, 0.2) is 41.4 Å². The van der Waals surface area contributed by atoms with Gasteiger partial charge >= 0.3 is 0 Å². The lowest BCUT2D eigenvalue weighted by molar-refractivity contribution is 0.322. The topological polar surface area (TPSA) is 58.6 Å². The molecule has 8 heteroatoms. The number of hydrogen-bond donors (Lipinski definition) is 1. The summed E-state index contributed by atoms with van der Waals surface area (Å²) in [5, 5.41) is 4.27. The van der Waals surface area contributed by atoms with Gasteiger partial charge < -0.3 is 29.3 Å². The van der Waals surface area contributed by atoms with Crippen LogP contribution in [0.4, 0.5) is 5.69 Å². The van der Waals surface area contributed by atoms with E-state index in [1.165, 1.54) is 0 Å². The predicted octanol–water partition coefficient (Wildman–Crippen LogP) is 3.31. The van der Waals surface area contributed by atoms with Crippen molar-refractivity contribution in [1.82, 2.24) is 10.2 Å². The number of methoxy groups -OCH3 is 3. The average Bonchev–Trinajstić information content (AvgIpc) is 2.81. The van der Waals surface area contributed by atoms with Gasteiger partial charge in [0.1, 0.15) is 0 Å². The molecule has 1 N–H and O–H groups in total. The molecule has 0 spiro atoms. The lowest BCUT2D eigenvalue weighted by atomic mass is 10.1. The highest BCUT2D eigenvalue weighted by Gasteiger charge is 2.21. The van der Waals surface area contributed by atoms with E-state index >= 15 is 0 Å². The fourth-order valence-electron chi connectivity index (χ4n) is 3.87. The molecule has 2 aromatic carbocycles. The number of nitrogens with one attached hydrogen (secondary N) is 1. The van der Waals surface area contributed by atoms with Crippen molar-refractivity contribution in [3.63, 3.8) is 0 Å². The van der Waals surface area contributed by atoms with Crippen LogP contribution in [0.3, 0.4) is 0 Å². The SMILES string of the molecule is CN=C(NCCc1ccc(OC)c(OC)c1OC)N1CCN(c2ccccc2Cl)CC1. The van der Waals surface area contributed by atoms with Gasteiger partial charge in [-0.25, -0.2) is 0 Å². The molecule has 31 heavy (non-hydrogen) atoms. The second-order valence-electron chi connectivity index (χ2n) is 7.14. The second-order valence-corrected chi connectivity index (χ2v) is 7.55. The van der Waals surface area contributed by atoms with Gasteiger partial charge in [0.05, 0.1) is 32.0 Å². The molecule has 0 amide bonds. The van der Waals surface area contributed by atoms with Crippen molar-refractivity contribution in [2.75, 3.05) is 66.0 Å². The summed E-state index contributed by atoms with van der Waals surface area (Å²) >= 11 is 6.36. The van der Waals surface area contributed by atoms with Gasteiger partial charge in [-0.3, -0.25) is 4.99 Å². The lowest BCUT2D eigenvalue weighted by Crippen LogP contribution is -2.52. The van der Waals surface area contributed by atoms with Gasteiger partial charge in [0.15, 0.2) is 17.5 Å². The third kappa shape index (κ3) is 5.28. The number of guanidine groups is 1. The molecule has 2 aromatic rings. The Kier molecular flexibility index (Phi) is 8.12. The Hall–Kier alpha value is -2.80. The van der Waals surface area contributed by atoms with E-state index in [0.717, 1.165) is 61.4 Å². The maximum atomic E-state index is 6.36. The summed E-state index contributed by atoms with van der Waals surface area (Å²) in [5.74, 6) is 2.87. The fourth-order valence-corrected chi connectivity index (χ4v) is 4.12. The van der Waals surface area contributed by atoms with Gasteiger partial charge in [-0.2, -0.15) is 0 Å². The van der Waals surface area contributed by atoms with E-state index in [0.29, 0.717) is 17.2 Å². The number of halogens is 1. The van der Waals surface area contributed by atoms with Crippen LogP contribution in [-0.2, 0) is 6.42 Å². The van der Waals surface area contributed by atoms with Crippen molar-refractivity contribution >= 4 is 23.2 Å². The van der Waals surface area contributed by atoms with Crippen LogP contribution in [0.25, 0.3) is 0 Å². The van der Waals surface area contributed by atoms with E-state index in [1.54, 1.807) is 21.3 Å². The molecule has 0 bridgehead atoms. The monoisotopic (exact) mass is 446 g/mol. The minimum atomic E-state index is 0.613. The molecule has 1 aliphatic heterocycles. The minimum Gasteiger partial charge on any atom is -0.493 e. The van der Waals surface area contributed by atoms with Gasteiger partial charge in [0.2, 0.25) is 5.75 Å². The number of para-hydroxylation sites is 1. The van der Waals surface area contributed by atoms with Crippen LogP contribution in [0, 0.1) is 0 Å². The van der Waals surface area contributed by atoms with Gasteiger partial charge in [-0.05, 0) is 24.6 Å². The fraction of sp³-hybridized carbons (Fsp3) is 0.435. The van der Waals surface area contributed by atoms with E-state index in [4.69, 9.17) is 25.8 Å². The molecule has 7 nitrogen and oxygen atoms in total. The number of nitrogens with zero attached hydrogens (tertiary/aromatic N) is 3. The van der Waals surface area contributed by atoms with Gasteiger partial charge in [-0.1, -0.05) is 29.8 Å². The molecule has 0 atom stereocenters. The first kappa shape index (κ1) is 22.9. The van der Waals surface area contributed by atoms with Gasteiger partial charge in [-0.15, -0.1) is 0 Å². The zero-order valence-corrected chi connectivity index (χ0v) is 19.4. The van der Waals surface area contributed by atoms with Crippen LogP contribution in [0.2, 0.25) is 5.02 Å². The number of rotatable bonds is 7. The normalized spacial score (nSPS) is 14.4. The molecule has 0 saturated carbocycles. The Morgan fingerprint density at radius 2 is 1.68 bits per heavy atom. The van der Waals surface area contributed by atoms with E-state index in [2.05, 4.69) is 26.2 Å². The number of ether oxygens (including phenoxy) is 3. The van der Waals surface area contributed by atoms with E-state index in [-0.39, 0.29) is 0 Å². The van der Waals surface area contributed by atoms with Crippen LogP contribution in [-0.4, -0.2) is 72.0 Å². The lowest BCUT2D eigenvalue weighted by Gasteiger charge is -2.38. The molecule has 1 heterocycles. The molecule has 168 valence electrons. The minimum absolute atomic E-state index is 0.613. The van der Waals surface area contributed by atoms with E-state index in [1.807, 2.05) is 37.4 Å². The highest BCUT2D eigenvalue weighted by Crippen LogP contribution is 2.39. The van der Waals surface area contributed by atoms with Crippen LogP contribution in [0.1, 0.15) is 5.56 Å². The number of benzene rings is 2. The number of anilines is 1. The summed E-state index contributed by atoms with van der Waals surface area (Å²) in [6, 6.07) is 11.9. The number of hydrogen-bond acceptors (Lipinski definition) is 5. The van der Waals surface area contributed by atoms with Crippen LogP contribution in [0.5, 0.6) is 17.2 Å². The molecule has 1 saturated heterocycles. The predicted molar refractivity (Wildman–Crippen MR) is 126 cm³/mol. The Balaban J connectivity index is 1.57. The number of piperazine rings is 1. The molecular formula is C23H31ClN4O3. The summed E-state index contributed by atoms with van der Waals surface area (Å²) in [6.07, 6.45) is 0.766. The molecule has 0 radical (unpaired) electrons. The summed E-state index contributed by atoms with van der Waals surface area (Å²) < 4.78 is 16.4. The van der Waals surface area contributed by atoms with Crippen molar-refractivity contribution in [2.24, 2.45) is 4.99 Å². The van der Waals surface area contributed by atoms with Crippen molar-refractivity contribution < 1.29 is 14.2 Å². The standard InChI is InChI=1S/C23H31ClN4O3/c1-25-23(28-15-13-27(14-16-28)19-8-6-5-7-18(19)24)26-12-11-17-9-10-20(29-2)22(31-4)21(17)30-3/h5-10H,11-16H2,1-4H3,(H,25,26). The highest BCUT2D eigenvalue weighted by molar-refractivity contribution is 6.33. The summed E-state index contributed by atoms with van der Waals surface area (Å²) in [6.45, 7) is 4.28. The summed E-state index contributed by atoms with van der Waals surface area (Å²) in [4.78, 5) is 9.07. The van der Waals surface area contributed by atoms with Crippen molar-refractivity contribution in [3.8, 4) is 17.2 Å². The summed E-state index contributed by atoms with van der Waals surface area (Å²) in [7, 11) is 6.70. The molecule has 1 fully saturated rings. The van der Waals surface area contributed by atoms with Crippen molar-refractivity contribution in [1.29, 1.82) is 0 Å². The second kappa shape index (κ2) is 11.0. The Bertz CT molecular complexity index is 898. The molecule has 0 unspecified atom stereocenters. The smallest absolute Gasteiger partial charge is 0.203 e. The highest BCUT2D eigenvalue weighted by atomic mass is 35.5. The third-order valence-electron chi connectivity index (χ3n) is 5.45. The average molecular weight is 447 g/mol. The van der Waals surface area contributed by atoms with E-state index < -0.39 is 0 Å². The van der Waals surface area contributed by atoms with Gasteiger partial charge in [0.25, 0.3) is 0 Å². The zero-order valence-electron chi connectivity index (χ0n) is 18.7. The Labute approximate surface area is 189 Å². The van der Waals surface area contributed by atoms with Crippen LogP contribution < -0.4 is 24.4 Å². The molecular weight excluding hydrogens is 416 g/mol.